The van der Waals surface area contributed by atoms with E-state index in [1.807, 2.05) is 42.5 Å². The molecule has 5 heteroatoms. The third-order valence-corrected chi connectivity index (χ3v) is 5.46. The molecule has 0 spiro atoms. The highest BCUT2D eigenvalue weighted by Gasteiger charge is 2.38. The molecule has 1 aliphatic heterocycles. The first-order chi connectivity index (χ1) is 13.4. The summed E-state index contributed by atoms with van der Waals surface area (Å²) >= 11 is 0. The van der Waals surface area contributed by atoms with Gasteiger partial charge in [0.2, 0.25) is 0 Å². The Balaban J connectivity index is 1.88. The monoisotopic (exact) mass is 378 g/mol. The Morgan fingerprint density at radius 2 is 1.68 bits per heavy atom. The molecule has 0 unspecified atom stereocenters. The van der Waals surface area contributed by atoms with Gasteiger partial charge in [0.15, 0.2) is 17.3 Å². The van der Waals surface area contributed by atoms with Crippen molar-refractivity contribution >= 4 is 17.2 Å². The van der Waals surface area contributed by atoms with E-state index in [-0.39, 0.29) is 17.2 Å². The lowest BCUT2D eigenvalue weighted by molar-refractivity contribution is -0.118. The number of anilines is 2. The average molecular weight is 378 g/mol. The smallest absolute Gasteiger partial charge is 0.163 e. The summed E-state index contributed by atoms with van der Waals surface area (Å²) in [7, 11) is 3.24. The number of benzene rings is 2. The molecule has 0 fully saturated rings. The summed E-state index contributed by atoms with van der Waals surface area (Å²) in [6.07, 6.45) is 1.36. The Kier molecular flexibility index (Phi) is 4.53. The van der Waals surface area contributed by atoms with Crippen LogP contribution in [-0.4, -0.2) is 20.0 Å². The maximum Gasteiger partial charge on any atom is 0.163 e. The van der Waals surface area contributed by atoms with Crippen LogP contribution >= 0.6 is 0 Å². The summed E-state index contributed by atoms with van der Waals surface area (Å²) in [5.41, 5.74) is 4.67. The summed E-state index contributed by atoms with van der Waals surface area (Å²) in [6, 6.07) is 13.6. The topological polar surface area (TPSA) is 59.6 Å². The Morgan fingerprint density at radius 3 is 2.39 bits per heavy atom. The molecule has 1 heterocycles. The predicted octanol–water partition coefficient (Wildman–Crippen LogP) is 4.93. The van der Waals surface area contributed by atoms with Crippen LogP contribution < -0.4 is 20.1 Å². The Bertz CT molecular complexity index is 962. The molecule has 1 aliphatic carbocycles. The second kappa shape index (κ2) is 6.89. The fourth-order valence-electron chi connectivity index (χ4n) is 4.17. The largest absolute Gasteiger partial charge is 0.493 e. The van der Waals surface area contributed by atoms with Gasteiger partial charge in [-0.15, -0.1) is 0 Å². The molecule has 0 bridgehead atoms. The SMILES string of the molecule is COc1ccc([C@@H]2Nc3ccccc3NC3=C2C(=O)CC(C)(C)C3)cc1OC. The van der Waals surface area contributed by atoms with Crippen molar-refractivity contribution in [1.82, 2.24) is 0 Å². The van der Waals surface area contributed by atoms with Gasteiger partial charge < -0.3 is 20.1 Å². The van der Waals surface area contributed by atoms with E-state index < -0.39 is 0 Å². The molecular weight excluding hydrogens is 352 g/mol. The van der Waals surface area contributed by atoms with Crippen molar-refractivity contribution in [3.8, 4) is 11.5 Å². The molecule has 5 nitrogen and oxygen atoms in total. The number of rotatable bonds is 3. The van der Waals surface area contributed by atoms with Crippen molar-refractivity contribution in [1.29, 1.82) is 0 Å². The van der Waals surface area contributed by atoms with Gasteiger partial charge in [0, 0.05) is 17.7 Å². The van der Waals surface area contributed by atoms with Crippen LogP contribution in [0.2, 0.25) is 0 Å². The number of nitrogens with one attached hydrogen (secondary N) is 2. The zero-order chi connectivity index (χ0) is 19.9. The molecule has 2 N–H and O–H groups in total. The van der Waals surface area contributed by atoms with E-state index >= 15 is 0 Å². The van der Waals surface area contributed by atoms with Gasteiger partial charge in [-0.25, -0.2) is 0 Å². The number of carbonyl (C=O) groups is 1. The summed E-state index contributed by atoms with van der Waals surface area (Å²) in [6.45, 7) is 4.29. The van der Waals surface area contributed by atoms with Gasteiger partial charge >= 0.3 is 0 Å². The molecule has 0 saturated heterocycles. The van der Waals surface area contributed by atoms with Crippen LogP contribution in [0.25, 0.3) is 0 Å². The van der Waals surface area contributed by atoms with E-state index in [1.165, 1.54) is 0 Å². The summed E-state index contributed by atoms with van der Waals surface area (Å²) in [4.78, 5) is 13.2. The van der Waals surface area contributed by atoms with Crippen LogP contribution in [0, 0.1) is 5.41 Å². The maximum absolute atomic E-state index is 13.2. The van der Waals surface area contributed by atoms with Gasteiger partial charge in [-0.2, -0.15) is 0 Å². The molecule has 2 aromatic rings. The predicted molar refractivity (Wildman–Crippen MR) is 111 cm³/mol. The van der Waals surface area contributed by atoms with Crippen LogP contribution in [0.1, 0.15) is 38.3 Å². The molecular formula is C23H26N2O3. The van der Waals surface area contributed by atoms with Crippen LogP contribution in [0.15, 0.2) is 53.7 Å². The standard InChI is InChI=1S/C23H26N2O3/c1-23(2)12-17-21(18(26)13-23)22(25-16-8-6-5-7-15(16)24-17)14-9-10-19(27-3)20(11-14)28-4/h5-11,22,24-25H,12-13H2,1-4H3/t22-/m0/s1. The third-order valence-electron chi connectivity index (χ3n) is 5.46. The van der Waals surface area contributed by atoms with Gasteiger partial charge in [0.05, 0.1) is 31.6 Å². The minimum absolute atomic E-state index is 0.0651. The maximum atomic E-state index is 13.2. The summed E-state index contributed by atoms with van der Waals surface area (Å²) in [5.74, 6) is 1.50. The van der Waals surface area contributed by atoms with Crippen molar-refractivity contribution in [2.24, 2.45) is 5.41 Å². The fourth-order valence-corrected chi connectivity index (χ4v) is 4.17. The summed E-state index contributed by atoms with van der Waals surface area (Å²) < 4.78 is 10.9. The molecule has 28 heavy (non-hydrogen) atoms. The number of fused-ring (bicyclic) bond motifs is 1. The lowest BCUT2D eigenvalue weighted by Crippen LogP contribution is -2.31. The molecule has 0 saturated carbocycles. The Labute approximate surface area is 165 Å². The number of ketones is 1. The van der Waals surface area contributed by atoms with E-state index in [0.29, 0.717) is 17.9 Å². The fraction of sp³-hybridized carbons (Fsp3) is 0.348. The van der Waals surface area contributed by atoms with E-state index in [1.54, 1.807) is 14.2 Å². The molecule has 1 atom stereocenters. The molecule has 2 aromatic carbocycles. The molecule has 0 radical (unpaired) electrons. The molecule has 2 aliphatic rings. The number of Topliss-reactive ketones (excluding diaryl/α,β-unsaturated/α-hetero) is 1. The molecule has 0 amide bonds. The summed E-state index contributed by atoms with van der Waals surface area (Å²) in [5, 5.41) is 7.12. The highest BCUT2D eigenvalue weighted by Crippen LogP contribution is 2.46. The van der Waals surface area contributed by atoms with Crippen LogP contribution in [0.4, 0.5) is 11.4 Å². The second-order valence-corrected chi connectivity index (χ2v) is 8.20. The zero-order valence-corrected chi connectivity index (χ0v) is 16.8. The van der Waals surface area contributed by atoms with Crippen molar-refractivity contribution < 1.29 is 14.3 Å². The van der Waals surface area contributed by atoms with Gasteiger partial charge in [0.1, 0.15) is 0 Å². The van der Waals surface area contributed by atoms with Crippen LogP contribution in [0.3, 0.4) is 0 Å². The lowest BCUT2D eigenvalue weighted by Gasteiger charge is -2.34. The van der Waals surface area contributed by atoms with Crippen LogP contribution in [-0.2, 0) is 4.79 Å². The van der Waals surface area contributed by atoms with Gasteiger partial charge in [0.25, 0.3) is 0 Å². The van der Waals surface area contributed by atoms with E-state index in [4.69, 9.17) is 9.47 Å². The minimum atomic E-state index is -0.255. The quantitative estimate of drug-likeness (QED) is 0.793. The number of para-hydroxylation sites is 2. The number of carbonyl (C=O) groups excluding carboxylic acids is 1. The van der Waals surface area contributed by atoms with Crippen molar-refractivity contribution in [3.63, 3.8) is 0 Å². The number of methoxy groups -OCH3 is 2. The van der Waals surface area contributed by atoms with E-state index in [2.05, 4.69) is 24.5 Å². The van der Waals surface area contributed by atoms with Crippen LogP contribution in [0.5, 0.6) is 11.5 Å². The molecule has 146 valence electrons. The number of ether oxygens (including phenoxy) is 2. The van der Waals surface area contributed by atoms with Crippen molar-refractivity contribution in [2.75, 3.05) is 24.9 Å². The normalized spacial score (nSPS) is 20.3. The first-order valence-electron chi connectivity index (χ1n) is 9.52. The second-order valence-electron chi connectivity index (χ2n) is 8.20. The third kappa shape index (κ3) is 3.21. The zero-order valence-electron chi connectivity index (χ0n) is 16.8. The number of hydrogen-bond donors (Lipinski definition) is 2. The number of hydrogen-bond acceptors (Lipinski definition) is 5. The highest BCUT2D eigenvalue weighted by molar-refractivity contribution is 6.01. The van der Waals surface area contributed by atoms with E-state index in [0.717, 1.165) is 34.6 Å². The first kappa shape index (κ1) is 18.4. The van der Waals surface area contributed by atoms with Gasteiger partial charge in [-0.3, -0.25) is 4.79 Å². The minimum Gasteiger partial charge on any atom is -0.493 e. The molecule has 0 aromatic heterocycles. The first-order valence-corrected chi connectivity index (χ1v) is 9.52. The average Bonchev–Trinajstić information content (AvgIpc) is 2.82. The Hall–Kier alpha value is -2.95. The molecule has 4 rings (SSSR count). The Morgan fingerprint density at radius 1 is 0.964 bits per heavy atom. The number of allylic oxidation sites excluding steroid dienone is 1. The van der Waals surface area contributed by atoms with Gasteiger partial charge in [-0.05, 0) is 41.7 Å². The van der Waals surface area contributed by atoms with Crippen molar-refractivity contribution in [2.45, 2.75) is 32.7 Å². The highest BCUT2D eigenvalue weighted by atomic mass is 16.5. The van der Waals surface area contributed by atoms with E-state index in [9.17, 15) is 4.79 Å². The van der Waals surface area contributed by atoms with Crippen molar-refractivity contribution in [3.05, 3.63) is 59.3 Å². The van der Waals surface area contributed by atoms with Gasteiger partial charge in [-0.1, -0.05) is 32.0 Å². The lowest BCUT2D eigenvalue weighted by atomic mass is 9.73.